The van der Waals surface area contributed by atoms with Crippen molar-refractivity contribution in [3.8, 4) is 18.2 Å². The lowest BCUT2D eigenvalue weighted by atomic mass is 10.2. The van der Waals surface area contributed by atoms with E-state index in [4.69, 9.17) is 15.8 Å². The third kappa shape index (κ3) is 5.16. The molecule has 1 aromatic carbocycles. The average Bonchev–Trinajstić information content (AvgIpc) is 2.60. The molecule has 0 N–H and O–H groups in total. The molecule has 114 valence electrons. The second-order valence-electron chi connectivity index (χ2n) is 4.46. The Morgan fingerprint density at radius 3 is 2.13 bits per heavy atom. The van der Waals surface area contributed by atoms with Gasteiger partial charge < -0.3 is 4.90 Å². The Morgan fingerprint density at radius 2 is 1.65 bits per heavy atom. The molecular weight excluding hydrogens is 286 g/mol. The smallest absolute Gasteiger partial charge is 0.168 e. The van der Waals surface area contributed by atoms with Crippen molar-refractivity contribution in [1.29, 1.82) is 15.8 Å². The molecule has 0 spiro atoms. The summed E-state index contributed by atoms with van der Waals surface area (Å²) >= 11 is 0. The molecule has 0 unspecified atom stereocenters. The van der Waals surface area contributed by atoms with Gasteiger partial charge in [-0.25, -0.2) is 4.99 Å². The van der Waals surface area contributed by atoms with Crippen LogP contribution in [0.3, 0.4) is 0 Å². The van der Waals surface area contributed by atoms with E-state index in [0.717, 1.165) is 18.7 Å². The Morgan fingerprint density at radius 1 is 1.04 bits per heavy atom. The summed E-state index contributed by atoms with van der Waals surface area (Å²) in [4.78, 5) is 6.08. The average molecular weight is 303 g/mol. The van der Waals surface area contributed by atoms with Crippen molar-refractivity contribution in [3.05, 3.63) is 47.2 Å². The van der Waals surface area contributed by atoms with E-state index >= 15 is 0 Å². The van der Waals surface area contributed by atoms with E-state index in [1.807, 2.05) is 30.3 Å². The van der Waals surface area contributed by atoms with Crippen LogP contribution in [0.25, 0.3) is 6.08 Å². The number of benzene rings is 1. The van der Waals surface area contributed by atoms with Crippen LogP contribution < -0.4 is 4.90 Å². The highest BCUT2D eigenvalue weighted by Crippen LogP contribution is 2.15. The van der Waals surface area contributed by atoms with Gasteiger partial charge in [-0.1, -0.05) is 18.2 Å². The topological polar surface area (TPSA) is 87.0 Å². The lowest BCUT2D eigenvalue weighted by Crippen LogP contribution is -2.21. The first-order chi connectivity index (χ1) is 11.2. The number of anilines is 1. The van der Waals surface area contributed by atoms with Gasteiger partial charge in [0, 0.05) is 25.0 Å². The Bertz CT molecular complexity index is 714. The molecule has 0 aliphatic heterocycles. The molecule has 1 rings (SSSR count). The molecule has 1 aromatic rings. The zero-order valence-electron chi connectivity index (χ0n) is 13.2. The third-order valence-electron chi connectivity index (χ3n) is 3.17. The first-order valence-corrected chi connectivity index (χ1v) is 7.20. The molecule has 0 saturated heterocycles. The molecule has 5 heteroatoms. The number of allylic oxidation sites excluding steroid dienone is 3. The van der Waals surface area contributed by atoms with E-state index in [9.17, 15) is 0 Å². The van der Waals surface area contributed by atoms with Crippen LogP contribution in [-0.2, 0) is 0 Å². The van der Waals surface area contributed by atoms with Crippen molar-refractivity contribution in [2.75, 3.05) is 18.0 Å². The molecule has 0 bridgehead atoms. The van der Waals surface area contributed by atoms with Crippen molar-refractivity contribution < 1.29 is 0 Å². The van der Waals surface area contributed by atoms with Crippen LogP contribution in [0.4, 0.5) is 5.69 Å². The zero-order chi connectivity index (χ0) is 17.1. The maximum absolute atomic E-state index is 8.85. The number of aliphatic imine (C=N–C) groups is 1. The van der Waals surface area contributed by atoms with Crippen LogP contribution in [0.1, 0.15) is 19.4 Å². The monoisotopic (exact) mass is 303 g/mol. The molecule has 0 fully saturated rings. The second-order valence-corrected chi connectivity index (χ2v) is 4.46. The van der Waals surface area contributed by atoms with Crippen LogP contribution in [0, 0.1) is 34.0 Å². The van der Waals surface area contributed by atoms with Crippen molar-refractivity contribution in [2.24, 2.45) is 4.99 Å². The molecule has 0 amide bonds. The molecule has 0 aliphatic rings. The summed E-state index contributed by atoms with van der Waals surface area (Å²) in [6, 6.07) is 13.1. The van der Waals surface area contributed by atoms with E-state index in [1.165, 1.54) is 11.9 Å². The van der Waals surface area contributed by atoms with Gasteiger partial charge in [0.15, 0.2) is 11.3 Å². The number of rotatable bonds is 6. The fourth-order valence-corrected chi connectivity index (χ4v) is 1.94. The minimum absolute atomic E-state index is 0.184. The van der Waals surface area contributed by atoms with E-state index in [0.29, 0.717) is 0 Å². The first-order valence-electron chi connectivity index (χ1n) is 7.20. The van der Waals surface area contributed by atoms with Gasteiger partial charge in [0.1, 0.15) is 18.2 Å². The summed E-state index contributed by atoms with van der Waals surface area (Å²) in [6.45, 7) is 6.15. The van der Waals surface area contributed by atoms with Crippen LogP contribution in [0.2, 0.25) is 0 Å². The number of nitriles is 3. The molecule has 5 nitrogen and oxygen atoms in total. The van der Waals surface area contributed by atoms with E-state index in [-0.39, 0.29) is 11.3 Å². The standard InChI is InChI=1S/C18H17N5/c1-3-23(4-2)17-9-7-15(8-10-17)6-5-11-22-18(14-21)16(12-19)13-20/h5-11H,3-4H2,1-2H3/b6-5+,22-11?. The van der Waals surface area contributed by atoms with Gasteiger partial charge in [-0.3, -0.25) is 0 Å². The van der Waals surface area contributed by atoms with E-state index in [2.05, 4.69) is 23.7 Å². The van der Waals surface area contributed by atoms with Crippen LogP contribution >= 0.6 is 0 Å². The Balaban J connectivity index is 2.82. The normalized spacial score (nSPS) is 10.0. The summed E-state index contributed by atoms with van der Waals surface area (Å²) in [5, 5.41) is 26.2. The van der Waals surface area contributed by atoms with E-state index in [1.54, 1.807) is 24.3 Å². The molecule has 0 aromatic heterocycles. The van der Waals surface area contributed by atoms with Gasteiger partial charge in [-0.15, -0.1) is 0 Å². The Kier molecular flexibility index (Phi) is 7.35. The number of hydrogen-bond acceptors (Lipinski definition) is 5. The van der Waals surface area contributed by atoms with Gasteiger partial charge in [0.2, 0.25) is 0 Å². The molecule has 0 heterocycles. The summed E-state index contributed by atoms with van der Waals surface area (Å²) in [5.74, 6) is 0. The van der Waals surface area contributed by atoms with Gasteiger partial charge >= 0.3 is 0 Å². The highest BCUT2D eigenvalue weighted by atomic mass is 15.1. The number of nitrogens with zero attached hydrogens (tertiary/aromatic N) is 5. The van der Waals surface area contributed by atoms with Crippen LogP contribution in [0.5, 0.6) is 0 Å². The maximum atomic E-state index is 8.85. The molecule has 23 heavy (non-hydrogen) atoms. The first kappa shape index (κ1) is 17.7. The molecular formula is C18H17N5. The molecule has 0 aliphatic carbocycles. The zero-order valence-corrected chi connectivity index (χ0v) is 13.2. The maximum Gasteiger partial charge on any atom is 0.168 e. The Labute approximate surface area is 136 Å². The Hall–Kier alpha value is -3.36. The highest BCUT2D eigenvalue weighted by molar-refractivity contribution is 5.80. The highest BCUT2D eigenvalue weighted by Gasteiger charge is 2.02. The number of hydrogen-bond donors (Lipinski definition) is 0. The molecule has 0 saturated carbocycles. The van der Waals surface area contributed by atoms with Gasteiger partial charge in [-0.05, 0) is 37.6 Å². The van der Waals surface area contributed by atoms with Crippen molar-refractivity contribution >= 4 is 18.0 Å². The van der Waals surface area contributed by atoms with Crippen molar-refractivity contribution in [1.82, 2.24) is 0 Å². The van der Waals surface area contributed by atoms with Gasteiger partial charge in [-0.2, -0.15) is 15.8 Å². The lowest BCUT2D eigenvalue weighted by Gasteiger charge is -2.20. The summed E-state index contributed by atoms with van der Waals surface area (Å²) in [7, 11) is 0. The fourth-order valence-electron chi connectivity index (χ4n) is 1.94. The summed E-state index contributed by atoms with van der Waals surface area (Å²) in [5.41, 5.74) is 1.69. The van der Waals surface area contributed by atoms with Crippen molar-refractivity contribution in [3.63, 3.8) is 0 Å². The fraction of sp³-hybridized carbons (Fsp3) is 0.222. The predicted octanol–water partition coefficient (Wildman–Crippen LogP) is 3.44. The third-order valence-corrected chi connectivity index (χ3v) is 3.17. The minimum atomic E-state index is -0.291. The van der Waals surface area contributed by atoms with Crippen LogP contribution in [0.15, 0.2) is 46.6 Å². The summed E-state index contributed by atoms with van der Waals surface area (Å²) in [6.07, 6.45) is 4.89. The molecule has 0 atom stereocenters. The van der Waals surface area contributed by atoms with Crippen LogP contribution in [-0.4, -0.2) is 19.3 Å². The van der Waals surface area contributed by atoms with E-state index < -0.39 is 0 Å². The van der Waals surface area contributed by atoms with Gasteiger partial charge in [0.05, 0.1) is 0 Å². The summed E-state index contributed by atoms with van der Waals surface area (Å²) < 4.78 is 0. The minimum Gasteiger partial charge on any atom is -0.372 e. The largest absolute Gasteiger partial charge is 0.372 e. The molecule has 0 radical (unpaired) electrons. The second kappa shape index (κ2) is 9.55. The van der Waals surface area contributed by atoms with Crippen molar-refractivity contribution in [2.45, 2.75) is 13.8 Å². The quantitative estimate of drug-likeness (QED) is 0.595. The SMILES string of the molecule is CCN(CC)c1ccc(/C=C/C=NC(C#N)=C(C#N)C#N)cc1. The lowest BCUT2D eigenvalue weighted by molar-refractivity contribution is 0.866. The van der Waals surface area contributed by atoms with Gasteiger partial charge in [0.25, 0.3) is 0 Å². The predicted molar refractivity (Wildman–Crippen MR) is 91.4 cm³/mol.